The smallest absolute Gasteiger partial charge is 0.254 e. The van der Waals surface area contributed by atoms with Gasteiger partial charge in [-0.25, -0.2) is 0 Å². The SMILES string of the molecule is C#Cc1cccc(C(=O)N(Cc2cccnc2)CC2CCCN(C3CCCCC3)C2)c1. The monoisotopic (exact) mass is 415 g/mol. The van der Waals surface area contributed by atoms with Crippen molar-refractivity contribution < 1.29 is 4.79 Å². The van der Waals surface area contributed by atoms with E-state index in [1.165, 1.54) is 51.5 Å². The van der Waals surface area contributed by atoms with Crippen LogP contribution in [0.5, 0.6) is 0 Å². The molecule has 0 bridgehead atoms. The van der Waals surface area contributed by atoms with Gasteiger partial charge in [0, 0.05) is 49.2 Å². The lowest BCUT2D eigenvalue weighted by molar-refractivity contribution is 0.0583. The normalized spacial score (nSPS) is 20.2. The fraction of sp³-hybridized carbons (Fsp3) is 0.481. The van der Waals surface area contributed by atoms with Crippen LogP contribution >= 0.6 is 0 Å². The Labute approximate surface area is 186 Å². The molecule has 4 nitrogen and oxygen atoms in total. The summed E-state index contributed by atoms with van der Waals surface area (Å²) in [7, 11) is 0. The van der Waals surface area contributed by atoms with Gasteiger partial charge in [-0.05, 0) is 68.0 Å². The molecule has 1 aliphatic heterocycles. The van der Waals surface area contributed by atoms with Gasteiger partial charge < -0.3 is 9.80 Å². The molecule has 1 unspecified atom stereocenters. The minimum atomic E-state index is 0.0516. The molecule has 31 heavy (non-hydrogen) atoms. The average Bonchev–Trinajstić information content (AvgIpc) is 2.84. The highest BCUT2D eigenvalue weighted by atomic mass is 16.2. The molecule has 0 spiro atoms. The van der Waals surface area contributed by atoms with Crippen LogP contribution in [-0.4, -0.2) is 46.4 Å². The standard InChI is InChI=1S/C27H33N3O/c1-2-22-9-6-12-25(17-22)27(31)30(19-23-10-7-15-28-18-23)21-24-11-8-16-29(20-24)26-13-4-3-5-14-26/h1,6-7,9-10,12,15,17-18,24,26H,3-5,8,11,13-14,16,19-21H2. The van der Waals surface area contributed by atoms with E-state index in [4.69, 9.17) is 6.42 Å². The molecule has 1 aromatic carbocycles. The Balaban J connectivity index is 1.49. The van der Waals surface area contributed by atoms with Crippen molar-refractivity contribution in [3.05, 3.63) is 65.5 Å². The van der Waals surface area contributed by atoms with Crippen LogP contribution in [0.2, 0.25) is 0 Å². The van der Waals surface area contributed by atoms with E-state index in [1.54, 1.807) is 6.20 Å². The molecule has 2 aliphatic rings. The Morgan fingerprint density at radius 3 is 2.77 bits per heavy atom. The van der Waals surface area contributed by atoms with E-state index in [2.05, 4.69) is 15.8 Å². The summed E-state index contributed by atoms with van der Waals surface area (Å²) >= 11 is 0. The van der Waals surface area contributed by atoms with Gasteiger partial charge in [0.2, 0.25) is 0 Å². The van der Waals surface area contributed by atoms with Gasteiger partial charge in [-0.2, -0.15) is 0 Å². The number of terminal acetylenes is 1. The molecule has 1 aliphatic carbocycles. The van der Waals surface area contributed by atoms with Crippen LogP contribution in [0.1, 0.15) is 66.4 Å². The Hall–Kier alpha value is -2.64. The number of piperidine rings is 1. The van der Waals surface area contributed by atoms with Crippen molar-refractivity contribution in [2.75, 3.05) is 19.6 Å². The van der Waals surface area contributed by atoms with Crippen LogP contribution in [0.15, 0.2) is 48.8 Å². The highest BCUT2D eigenvalue weighted by Crippen LogP contribution is 2.28. The first kappa shape index (κ1) is 21.6. The van der Waals surface area contributed by atoms with Crippen LogP contribution in [0, 0.1) is 18.3 Å². The fourth-order valence-corrected chi connectivity index (χ4v) is 5.19. The molecule has 1 saturated carbocycles. The summed E-state index contributed by atoms with van der Waals surface area (Å²) in [5.41, 5.74) is 2.47. The number of pyridine rings is 1. The van der Waals surface area contributed by atoms with Crippen molar-refractivity contribution in [2.45, 2.75) is 57.5 Å². The van der Waals surface area contributed by atoms with Crippen molar-refractivity contribution in [2.24, 2.45) is 5.92 Å². The summed E-state index contributed by atoms with van der Waals surface area (Å²) in [5.74, 6) is 3.21. The maximum absolute atomic E-state index is 13.5. The molecular formula is C27H33N3O. The molecule has 0 N–H and O–H groups in total. The Kier molecular flexibility index (Phi) is 7.38. The lowest BCUT2D eigenvalue weighted by atomic mass is 9.90. The number of hydrogen-bond donors (Lipinski definition) is 0. The van der Waals surface area contributed by atoms with Crippen molar-refractivity contribution in [3.8, 4) is 12.3 Å². The van der Waals surface area contributed by atoms with Gasteiger partial charge in [-0.1, -0.05) is 37.3 Å². The van der Waals surface area contributed by atoms with Gasteiger partial charge >= 0.3 is 0 Å². The van der Waals surface area contributed by atoms with E-state index in [0.717, 1.165) is 30.3 Å². The van der Waals surface area contributed by atoms with Crippen LogP contribution in [0.25, 0.3) is 0 Å². The molecule has 0 radical (unpaired) electrons. The molecule has 2 aromatic rings. The highest BCUT2D eigenvalue weighted by Gasteiger charge is 2.29. The van der Waals surface area contributed by atoms with E-state index >= 15 is 0 Å². The summed E-state index contributed by atoms with van der Waals surface area (Å²) in [5, 5.41) is 0. The zero-order valence-corrected chi connectivity index (χ0v) is 18.4. The second-order valence-electron chi connectivity index (χ2n) is 9.07. The zero-order valence-electron chi connectivity index (χ0n) is 18.4. The van der Waals surface area contributed by atoms with E-state index in [0.29, 0.717) is 18.0 Å². The van der Waals surface area contributed by atoms with E-state index in [9.17, 15) is 4.79 Å². The van der Waals surface area contributed by atoms with Crippen LogP contribution in [0.3, 0.4) is 0 Å². The molecule has 2 fully saturated rings. The highest BCUT2D eigenvalue weighted by molar-refractivity contribution is 5.94. The first-order valence-corrected chi connectivity index (χ1v) is 11.7. The van der Waals surface area contributed by atoms with E-state index < -0.39 is 0 Å². The van der Waals surface area contributed by atoms with E-state index in [-0.39, 0.29) is 5.91 Å². The summed E-state index contributed by atoms with van der Waals surface area (Å²) in [4.78, 5) is 22.5. The predicted octanol–water partition coefficient (Wildman–Crippen LogP) is 4.75. The van der Waals surface area contributed by atoms with Crippen LogP contribution in [0.4, 0.5) is 0 Å². The quantitative estimate of drug-likeness (QED) is 0.639. The first-order chi connectivity index (χ1) is 15.2. The zero-order chi connectivity index (χ0) is 21.5. The van der Waals surface area contributed by atoms with Crippen LogP contribution < -0.4 is 0 Å². The molecule has 4 rings (SSSR count). The summed E-state index contributed by atoms with van der Waals surface area (Å²) in [6.45, 7) is 3.66. The molecular weight excluding hydrogens is 382 g/mol. The minimum Gasteiger partial charge on any atom is -0.334 e. The average molecular weight is 416 g/mol. The summed E-state index contributed by atoms with van der Waals surface area (Å²) in [6.07, 6.45) is 18.4. The number of carbonyl (C=O) groups is 1. The minimum absolute atomic E-state index is 0.0516. The lowest BCUT2D eigenvalue weighted by Crippen LogP contribution is -2.47. The number of benzene rings is 1. The number of amides is 1. The Morgan fingerprint density at radius 1 is 1.13 bits per heavy atom. The molecule has 1 aromatic heterocycles. The van der Waals surface area contributed by atoms with Crippen LogP contribution in [-0.2, 0) is 6.54 Å². The predicted molar refractivity (Wildman–Crippen MR) is 125 cm³/mol. The van der Waals surface area contributed by atoms with Crippen molar-refractivity contribution in [3.63, 3.8) is 0 Å². The maximum Gasteiger partial charge on any atom is 0.254 e. The molecule has 1 saturated heterocycles. The number of rotatable bonds is 6. The topological polar surface area (TPSA) is 36.4 Å². The van der Waals surface area contributed by atoms with Gasteiger partial charge in [0.15, 0.2) is 0 Å². The molecule has 4 heteroatoms. The third kappa shape index (κ3) is 5.74. The number of aromatic nitrogens is 1. The lowest BCUT2D eigenvalue weighted by Gasteiger charge is -2.41. The number of carbonyl (C=O) groups excluding carboxylic acids is 1. The van der Waals surface area contributed by atoms with Gasteiger partial charge in [-0.3, -0.25) is 9.78 Å². The summed E-state index contributed by atoms with van der Waals surface area (Å²) < 4.78 is 0. The molecule has 2 heterocycles. The molecule has 162 valence electrons. The molecule has 1 atom stereocenters. The van der Waals surface area contributed by atoms with Crippen molar-refractivity contribution in [1.29, 1.82) is 0 Å². The van der Waals surface area contributed by atoms with Gasteiger partial charge in [0.25, 0.3) is 5.91 Å². The van der Waals surface area contributed by atoms with E-state index in [1.807, 2.05) is 47.5 Å². The van der Waals surface area contributed by atoms with Crippen molar-refractivity contribution in [1.82, 2.24) is 14.8 Å². The summed E-state index contributed by atoms with van der Waals surface area (Å²) in [6, 6.07) is 12.2. The van der Waals surface area contributed by atoms with Gasteiger partial charge in [-0.15, -0.1) is 6.42 Å². The molecule has 1 amide bonds. The second-order valence-corrected chi connectivity index (χ2v) is 9.07. The van der Waals surface area contributed by atoms with Gasteiger partial charge in [0.05, 0.1) is 0 Å². The third-order valence-electron chi connectivity index (χ3n) is 6.78. The Bertz CT molecular complexity index is 898. The number of hydrogen-bond acceptors (Lipinski definition) is 3. The van der Waals surface area contributed by atoms with Crippen molar-refractivity contribution >= 4 is 5.91 Å². The number of likely N-dealkylation sites (tertiary alicyclic amines) is 1. The second kappa shape index (κ2) is 10.6. The Morgan fingerprint density at radius 2 is 2.00 bits per heavy atom. The maximum atomic E-state index is 13.5. The largest absolute Gasteiger partial charge is 0.334 e. The fourth-order valence-electron chi connectivity index (χ4n) is 5.19. The third-order valence-corrected chi connectivity index (χ3v) is 6.78. The van der Waals surface area contributed by atoms with Gasteiger partial charge in [0.1, 0.15) is 0 Å². The number of nitrogens with zero attached hydrogens (tertiary/aromatic N) is 3. The first-order valence-electron chi connectivity index (χ1n) is 11.7.